The van der Waals surface area contributed by atoms with Crippen molar-refractivity contribution in [3.8, 4) is 17.1 Å². The summed E-state index contributed by atoms with van der Waals surface area (Å²) in [6.07, 6.45) is 5.65. The smallest absolute Gasteiger partial charge is 0.291 e. The van der Waals surface area contributed by atoms with Crippen molar-refractivity contribution in [2.45, 2.75) is 45.1 Å². The number of hydrogen-bond donors (Lipinski definition) is 1. The predicted octanol–water partition coefficient (Wildman–Crippen LogP) is 5.07. The topological polar surface area (TPSA) is 59.8 Å². The average Bonchev–Trinajstić information content (AvgIpc) is 3.15. The van der Waals surface area contributed by atoms with Crippen molar-refractivity contribution in [3.05, 3.63) is 64.4 Å². The van der Waals surface area contributed by atoms with Crippen molar-refractivity contribution in [1.82, 2.24) is 20.1 Å². The van der Waals surface area contributed by atoms with Gasteiger partial charge in [-0.05, 0) is 49.6 Å². The zero-order chi connectivity index (χ0) is 19.5. The maximum atomic E-state index is 12.8. The fourth-order valence-electron chi connectivity index (χ4n) is 3.63. The predicted molar refractivity (Wildman–Crippen MR) is 114 cm³/mol. The molecule has 4 rings (SSSR count). The van der Waals surface area contributed by atoms with Crippen molar-refractivity contribution in [2.75, 3.05) is 0 Å². The van der Waals surface area contributed by atoms with Crippen LogP contribution < -0.4 is 5.32 Å². The number of nitrogens with zero attached hydrogens (tertiary/aromatic N) is 3. The van der Waals surface area contributed by atoms with E-state index in [0.717, 1.165) is 34.1 Å². The molecule has 1 N–H and O–H groups in total. The number of carbonyl (C=O) groups is 1. The third-order valence-corrected chi connectivity index (χ3v) is 5.63. The van der Waals surface area contributed by atoms with Crippen LogP contribution in [-0.4, -0.2) is 26.7 Å². The molecule has 0 spiro atoms. The van der Waals surface area contributed by atoms with E-state index in [-0.39, 0.29) is 17.8 Å². The number of carbonyl (C=O) groups excluding carboxylic acids is 1. The molecule has 1 aliphatic carbocycles. The van der Waals surface area contributed by atoms with Gasteiger partial charge in [-0.2, -0.15) is 0 Å². The van der Waals surface area contributed by atoms with Crippen LogP contribution >= 0.6 is 15.9 Å². The summed E-state index contributed by atoms with van der Waals surface area (Å²) in [5.74, 6) is 0.675. The highest BCUT2D eigenvalue weighted by atomic mass is 79.9. The van der Waals surface area contributed by atoms with Gasteiger partial charge in [0.1, 0.15) is 0 Å². The van der Waals surface area contributed by atoms with Crippen molar-refractivity contribution in [1.29, 1.82) is 0 Å². The molecule has 0 bridgehead atoms. The molecule has 3 aromatic rings. The second-order valence-electron chi connectivity index (χ2n) is 7.33. The molecule has 0 aliphatic heterocycles. The van der Waals surface area contributed by atoms with Crippen molar-refractivity contribution < 1.29 is 4.79 Å². The highest BCUT2D eigenvalue weighted by molar-refractivity contribution is 9.10. The number of hydrogen-bond acceptors (Lipinski definition) is 3. The Morgan fingerprint density at radius 1 is 1.11 bits per heavy atom. The first kappa shape index (κ1) is 18.9. The van der Waals surface area contributed by atoms with Gasteiger partial charge in [0.15, 0.2) is 5.82 Å². The fraction of sp³-hybridized carbons (Fsp3) is 0.318. The van der Waals surface area contributed by atoms with Gasteiger partial charge >= 0.3 is 0 Å². The summed E-state index contributed by atoms with van der Waals surface area (Å²) in [7, 11) is 0. The minimum Gasteiger partial charge on any atom is -0.347 e. The molecule has 0 unspecified atom stereocenters. The number of aryl methyl sites for hydroxylation is 1. The lowest BCUT2D eigenvalue weighted by Gasteiger charge is -2.21. The Kier molecular flexibility index (Phi) is 5.57. The van der Waals surface area contributed by atoms with Gasteiger partial charge < -0.3 is 5.32 Å². The minimum absolute atomic E-state index is 0.198. The number of amides is 1. The summed E-state index contributed by atoms with van der Waals surface area (Å²) in [6, 6.07) is 16.1. The fourth-order valence-corrected chi connectivity index (χ4v) is 3.90. The van der Waals surface area contributed by atoms with E-state index < -0.39 is 0 Å². The van der Waals surface area contributed by atoms with Crippen LogP contribution in [-0.2, 0) is 0 Å². The van der Waals surface area contributed by atoms with E-state index in [2.05, 4.69) is 31.3 Å². The molecule has 6 heteroatoms. The Hall–Kier alpha value is -2.47. The lowest BCUT2D eigenvalue weighted by Crippen LogP contribution is -2.36. The standard InChI is InChI=1S/C22H23BrN4O/c1-15-6-5-9-19(14-15)27-21(16-10-12-17(23)13-11-16)25-20(26-27)22(28)24-18-7-3-2-4-8-18/h5-6,9-14,18H,2-4,7-8H2,1H3,(H,24,28). The van der Waals surface area contributed by atoms with E-state index in [1.165, 1.54) is 19.3 Å². The van der Waals surface area contributed by atoms with Crippen molar-refractivity contribution in [3.63, 3.8) is 0 Å². The quantitative estimate of drug-likeness (QED) is 0.618. The molecule has 0 atom stereocenters. The summed E-state index contributed by atoms with van der Waals surface area (Å²) in [5, 5.41) is 7.68. The highest BCUT2D eigenvalue weighted by Gasteiger charge is 2.22. The molecule has 1 amide bonds. The summed E-state index contributed by atoms with van der Waals surface area (Å²) >= 11 is 3.47. The second kappa shape index (κ2) is 8.27. The summed E-state index contributed by atoms with van der Waals surface area (Å²) < 4.78 is 2.75. The van der Waals surface area contributed by atoms with Gasteiger partial charge in [0.2, 0.25) is 5.82 Å². The van der Waals surface area contributed by atoms with Gasteiger partial charge in [-0.3, -0.25) is 4.79 Å². The molecular formula is C22H23BrN4O. The van der Waals surface area contributed by atoms with Crippen LogP contribution in [0.3, 0.4) is 0 Å². The summed E-state index contributed by atoms with van der Waals surface area (Å²) in [6.45, 7) is 2.04. The zero-order valence-electron chi connectivity index (χ0n) is 15.9. The SMILES string of the molecule is Cc1cccc(-n2nc(C(=O)NC3CCCCC3)nc2-c2ccc(Br)cc2)c1. The van der Waals surface area contributed by atoms with E-state index in [1.807, 2.05) is 55.5 Å². The molecule has 1 heterocycles. The van der Waals surface area contributed by atoms with Gasteiger partial charge in [0.05, 0.1) is 5.69 Å². The molecule has 5 nitrogen and oxygen atoms in total. The molecule has 28 heavy (non-hydrogen) atoms. The zero-order valence-corrected chi connectivity index (χ0v) is 17.4. The monoisotopic (exact) mass is 438 g/mol. The molecule has 144 valence electrons. The molecule has 1 saturated carbocycles. The van der Waals surface area contributed by atoms with Gasteiger partial charge in [0.25, 0.3) is 5.91 Å². The molecule has 1 aliphatic rings. The van der Waals surface area contributed by atoms with Gasteiger partial charge in [0, 0.05) is 16.1 Å². The summed E-state index contributed by atoms with van der Waals surface area (Å²) in [4.78, 5) is 17.4. The second-order valence-corrected chi connectivity index (χ2v) is 8.24. The highest BCUT2D eigenvalue weighted by Crippen LogP contribution is 2.24. The molecule has 1 aromatic heterocycles. The number of rotatable bonds is 4. The number of nitrogens with one attached hydrogen (secondary N) is 1. The van der Waals surface area contributed by atoms with E-state index in [1.54, 1.807) is 4.68 Å². The van der Waals surface area contributed by atoms with Crippen LogP contribution in [0.2, 0.25) is 0 Å². The van der Waals surface area contributed by atoms with E-state index in [4.69, 9.17) is 0 Å². The molecule has 0 radical (unpaired) electrons. The molecular weight excluding hydrogens is 416 g/mol. The Labute approximate surface area is 173 Å². The minimum atomic E-state index is -0.198. The van der Waals surface area contributed by atoms with Crippen LogP contribution in [0.25, 0.3) is 17.1 Å². The van der Waals surface area contributed by atoms with E-state index in [9.17, 15) is 4.79 Å². The van der Waals surface area contributed by atoms with E-state index >= 15 is 0 Å². The number of benzene rings is 2. The number of aromatic nitrogens is 3. The maximum absolute atomic E-state index is 12.8. The third-order valence-electron chi connectivity index (χ3n) is 5.10. The number of halogens is 1. The van der Waals surface area contributed by atoms with Crippen molar-refractivity contribution >= 4 is 21.8 Å². The van der Waals surface area contributed by atoms with Crippen molar-refractivity contribution in [2.24, 2.45) is 0 Å². The normalized spacial score (nSPS) is 14.8. The van der Waals surface area contributed by atoms with Crippen LogP contribution in [0.4, 0.5) is 0 Å². The largest absolute Gasteiger partial charge is 0.347 e. The van der Waals surface area contributed by atoms with Gasteiger partial charge in [-0.25, -0.2) is 9.67 Å². The first-order valence-corrected chi connectivity index (χ1v) is 10.5. The molecule has 1 fully saturated rings. The van der Waals surface area contributed by atoms with Crippen LogP contribution in [0.15, 0.2) is 53.0 Å². The van der Waals surface area contributed by atoms with Crippen LogP contribution in [0, 0.1) is 6.92 Å². The third kappa shape index (κ3) is 4.17. The average molecular weight is 439 g/mol. The van der Waals surface area contributed by atoms with Gasteiger partial charge in [-0.15, -0.1) is 5.10 Å². The Morgan fingerprint density at radius 2 is 1.86 bits per heavy atom. The first-order chi connectivity index (χ1) is 13.6. The van der Waals surface area contributed by atoms with Crippen LogP contribution in [0.1, 0.15) is 48.3 Å². The Bertz CT molecular complexity index is 974. The summed E-state index contributed by atoms with van der Waals surface area (Å²) in [5.41, 5.74) is 2.93. The first-order valence-electron chi connectivity index (χ1n) is 9.71. The molecule has 0 saturated heterocycles. The molecule has 2 aromatic carbocycles. The maximum Gasteiger partial charge on any atom is 0.291 e. The Morgan fingerprint density at radius 3 is 2.57 bits per heavy atom. The Balaban J connectivity index is 1.71. The lowest BCUT2D eigenvalue weighted by molar-refractivity contribution is 0.0917. The van der Waals surface area contributed by atoms with E-state index in [0.29, 0.717) is 5.82 Å². The lowest BCUT2D eigenvalue weighted by atomic mass is 9.95. The van der Waals surface area contributed by atoms with Gasteiger partial charge in [-0.1, -0.05) is 59.5 Å². The van der Waals surface area contributed by atoms with Crippen LogP contribution in [0.5, 0.6) is 0 Å².